The van der Waals surface area contributed by atoms with E-state index in [2.05, 4.69) is 114 Å². The molecule has 6 aromatic carbocycles. The minimum Gasteiger partial charge on any atom is -0.454 e. The zero-order valence-corrected chi connectivity index (χ0v) is 23.1. The molecule has 0 aliphatic rings. The zero-order valence-electron chi connectivity index (χ0n) is 23.1. The maximum atomic E-state index is 6.57. The summed E-state index contributed by atoms with van der Waals surface area (Å²) < 4.78 is 13.0. The second-order valence-corrected chi connectivity index (χ2v) is 10.8. The van der Waals surface area contributed by atoms with Crippen LogP contribution in [0.1, 0.15) is 0 Å². The van der Waals surface area contributed by atoms with Crippen LogP contribution in [0, 0.1) is 0 Å². The highest BCUT2D eigenvalue weighted by Gasteiger charge is 2.23. The summed E-state index contributed by atoms with van der Waals surface area (Å²) in [5.74, 6) is 0. The van der Waals surface area contributed by atoms with Crippen molar-refractivity contribution in [3.8, 4) is 11.1 Å². The second kappa shape index (κ2) is 9.33. The van der Waals surface area contributed by atoms with E-state index in [0.717, 1.165) is 77.4 Å². The number of aromatic nitrogens is 1. The number of furan rings is 2. The van der Waals surface area contributed by atoms with Gasteiger partial charge in [-0.1, -0.05) is 97.1 Å². The van der Waals surface area contributed by atoms with Crippen LogP contribution < -0.4 is 4.90 Å². The van der Waals surface area contributed by atoms with Crippen molar-refractivity contribution < 1.29 is 8.83 Å². The standard InChI is InChI=1S/C39H24N2O2/c1-2-10-25(11-3-1)26-19-21-27(22-20-26)41(32-16-8-15-31-29-13-6-7-17-34(29)43-39(31)32)33-24-36-37(30-14-5-4-12-28(30)33)38-35(42-36)18-9-23-40-38/h1-24H. The number of benzene rings is 6. The Balaban J connectivity index is 1.36. The predicted molar refractivity (Wildman–Crippen MR) is 176 cm³/mol. The van der Waals surface area contributed by atoms with Gasteiger partial charge in [-0.25, -0.2) is 0 Å². The first kappa shape index (κ1) is 23.8. The Morgan fingerprint density at radius 3 is 2.02 bits per heavy atom. The van der Waals surface area contributed by atoms with Gasteiger partial charge in [0.1, 0.15) is 16.7 Å². The molecular weight excluding hydrogens is 528 g/mol. The van der Waals surface area contributed by atoms with Crippen LogP contribution in [0.5, 0.6) is 0 Å². The smallest absolute Gasteiger partial charge is 0.159 e. The molecule has 9 rings (SSSR count). The molecular formula is C39H24N2O2. The Kier molecular flexibility index (Phi) is 5.16. The molecule has 3 aromatic heterocycles. The number of fused-ring (bicyclic) bond motifs is 8. The topological polar surface area (TPSA) is 42.4 Å². The average molecular weight is 553 g/mol. The van der Waals surface area contributed by atoms with E-state index in [1.54, 1.807) is 0 Å². The number of nitrogens with zero attached hydrogens (tertiary/aromatic N) is 2. The predicted octanol–water partition coefficient (Wildman–Crippen LogP) is 11.2. The Hall–Kier alpha value is -5.87. The van der Waals surface area contributed by atoms with E-state index >= 15 is 0 Å². The molecule has 0 N–H and O–H groups in total. The quantitative estimate of drug-likeness (QED) is 0.218. The third-order valence-corrected chi connectivity index (χ3v) is 8.31. The van der Waals surface area contributed by atoms with Crippen LogP contribution >= 0.6 is 0 Å². The van der Waals surface area contributed by atoms with Gasteiger partial charge in [-0.05, 0) is 52.9 Å². The number of anilines is 3. The maximum absolute atomic E-state index is 6.57. The van der Waals surface area contributed by atoms with Gasteiger partial charge in [0.2, 0.25) is 0 Å². The van der Waals surface area contributed by atoms with E-state index in [1.165, 1.54) is 5.56 Å². The van der Waals surface area contributed by atoms with E-state index in [9.17, 15) is 0 Å². The molecule has 0 bridgehead atoms. The van der Waals surface area contributed by atoms with Crippen LogP contribution in [0.3, 0.4) is 0 Å². The van der Waals surface area contributed by atoms with E-state index in [-0.39, 0.29) is 0 Å². The van der Waals surface area contributed by atoms with E-state index in [0.29, 0.717) is 0 Å². The normalized spacial score (nSPS) is 11.7. The molecule has 0 radical (unpaired) electrons. The zero-order chi connectivity index (χ0) is 28.3. The van der Waals surface area contributed by atoms with Gasteiger partial charge in [-0.2, -0.15) is 0 Å². The lowest BCUT2D eigenvalue weighted by atomic mass is 10.0. The molecule has 0 atom stereocenters. The Morgan fingerprint density at radius 1 is 0.465 bits per heavy atom. The molecule has 43 heavy (non-hydrogen) atoms. The molecule has 0 saturated heterocycles. The fraction of sp³-hybridized carbons (Fsp3) is 0. The minimum atomic E-state index is 0.776. The highest BCUT2D eigenvalue weighted by atomic mass is 16.3. The van der Waals surface area contributed by atoms with Gasteiger partial charge < -0.3 is 13.7 Å². The van der Waals surface area contributed by atoms with Crippen LogP contribution in [-0.2, 0) is 0 Å². The Labute approximate surface area is 247 Å². The van der Waals surface area contributed by atoms with Gasteiger partial charge in [0.25, 0.3) is 0 Å². The number of pyridine rings is 1. The summed E-state index contributed by atoms with van der Waals surface area (Å²) >= 11 is 0. The van der Waals surface area contributed by atoms with Crippen LogP contribution in [-0.4, -0.2) is 4.98 Å². The van der Waals surface area contributed by atoms with Crippen molar-refractivity contribution >= 4 is 71.8 Å². The summed E-state index contributed by atoms with van der Waals surface area (Å²) in [6.07, 6.45) is 1.82. The van der Waals surface area contributed by atoms with Crippen LogP contribution in [0.25, 0.3) is 65.9 Å². The largest absolute Gasteiger partial charge is 0.454 e. The molecule has 0 spiro atoms. The second-order valence-electron chi connectivity index (χ2n) is 10.8. The molecule has 0 fully saturated rings. The van der Waals surface area contributed by atoms with Gasteiger partial charge in [0.05, 0.1) is 16.8 Å². The highest BCUT2D eigenvalue weighted by molar-refractivity contribution is 6.22. The highest BCUT2D eigenvalue weighted by Crippen LogP contribution is 2.47. The lowest BCUT2D eigenvalue weighted by molar-refractivity contribution is 0.667. The summed E-state index contributed by atoms with van der Waals surface area (Å²) in [6.45, 7) is 0. The molecule has 0 amide bonds. The first-order valence-electron chi connectivity index (χ1n) is 14.4. The van der Waals surface area contributed by atoms with Crippen molar-refractivity contribution in [2.24, 2.45) is 0 Å². The SMILES string of the molecule is c1ccc(-c2ccc(N(c3cc4oc5cccnc5c4c4ccccc34)c3cccc4c3oc3ccccc34)cc2)cc1. The maximum Gasteiger partial charge on any atom is 0.159 e. The minimum absolute atomic E-state index is 0.776. The molecule has 4 heteroatoms. The van der Waals surface area contributed by atoms with Gasteiger partial charge in [0.15, 0.2) is 11.2 Å². The van der Waals surface area contributed by atoms with Crippen molar-refractivity contribution in [3.05, 3.63) is 146 Å². The first-order valence-corrected chi connectivity index (χ1v) is 14.4. The van der Waals surface area contributed by atoms with E-state index < -0.39 is 0 Å². The molecule has 3 heterocycles. The van der Waals surface area contributed by atoms with Gasteiger partial charge >= 0.3 is 0 Å². The lowest BCUT2D eigenvalue weighted by Gasteiger charge is -2.27. The Bertz CT molecular complexity index is 2450. The summed E-state index contributed by atoms with van der Waals surface area (Å²) in [6, 6.07) is 48.3. The summed E-state index contributed by atoms with van der Waals surface area (Å²) in [4.78, 5) is 6.99. The van der Waals surface area contributed by atoms with Crippen molar-refractivity contribution in [3.63, 3.8) is 0 Å². The molecule has 0 unspecified atom stereocenters. The summed E-state index contributed by atoms with van der Waals surface area (Å²) in [5.41, 5.74) is 9.48. The number of hydrogen-bond acceptors (Lipinski definition) is 4. The van der Waals surface area contributed by atoms with E-state index in [4.69, 9.17) is 13.8 Å². The molecule has 0 aliphatic carbocycles. The van der Waals surface area contributed by atoms with E-state index in [1.807, 2.05) is 36.5 Å². The fourth-order valence-electron chi connectivity index (χ4n) is 6.37. The van der Waals surface area contributed by atoms with Crippen molar-refractivity contribution in [1.82, 2.24) is 4.98 Å². The van der Waals surface area contributed by atoms with Gasteiger partial charge in [-0.3, -0.25) is 4.98 Å². The fourth-order valence-corrected chi connectivity index (χ4v) is 6.37. The molecule has 202 valence electrons. The van der Waals surface area contributed by atoms with Crippen LogP contribution in [0.2, 0.25) is 0 Å². The summed E-state index contributed by atoms with van der Waals surface area (Å²) in [7, 11) is 0. The van der Waals surface area contributed by atoms with Crippen molar-refractivity contribution in [1.29, 1.82) is 0 Å². The summed E-state index contributed by atoms with van der Waals surface area (Å²) in [5, 5.41) is 5.40. The van der Waals surface area contributed by atoms with Gasteiger partial charge in [-0.15, -0.1) is 0 Å². The number of hydrogen-bond donors (Lipinski definition) is 0. The van der Waals surface area contributed by atoms with Crippen LogP contribution in [0.4, 0.5) is 17.1 Å². The third kappa shape index (κ3) is 3.67. The molecule has 4 nitrogen and oxygen atoms in total. The van der Waals surface area contributed by atoms with Gasteiger partial charge in [0, 0.05) is 34.1 Å². The molecule has 0 aliphatic heterocycles. The Morgan fingerprint density at radius 2 is 1.16 bits per heavy atom. The molecule has 9 aromatic rings. The number of para-hydroxylation sites is 2. The van der Waals surface area contributed by atoms with Crippen LogP contribution in [0.15, 0.2) is 155 Å². The lowest BCUT2D eigenvalue weighted by Crippen LogP contribution is -2.11. The first-order chi connectivity index (χ1) is 21.3. The monoisotopic (exact) mass is 552 g/mol. The third-order valence-electron chi connectivity index (χ3n) is 8.31. The average Bonchev–Trinajstić information content (AvgIpc) is 3.65. The van der Waals surface area contributed by atoms with Crippen molar-refractivity contribution in [2.45, 2.75) is 0 Å². The molecule has 0 saturated carbocycles. The number of rotatable bonds is 4. The van der Waals surface area contributed by atoms with Crippen molar-refractivity contribution in [2.75, 3.05) is 4.90 Å².